The van der Waals surface area contributed by atoms with E-state index in [9.17, 15) is 13.2 Å². The third kappa shape index (κ3) is 9.04. The molecule has 4 aromatic rings. The van der Waals surface area contributed by atoms with Crippen LogP contribution in [0.25, 0.3) is 11.3 Å². The van der Waals surface area contributed by atoms with Gasteiger partial charge in [-0.3, -0.25) is 10.0 Å². The molecule has 5 rings (SSSR count). The highest BCUT2D eigenvalue weighted by atomic mass is 35.5. The molecule has 0 saturated carbocycles. The third-order valence-corrected chi connectivity index (χ3v) is 9.56. The average Bonchev–Trinajstić information content (AvgIpc) is 3.39. The highest BCUT2D eigenvalue weighted by molar-refractivity contribution is 7.92. The van der Waals surface area contributed by atoms with E-state index in [4.69, 9.17) is 16.3 Å². The summed E-state index contributed by atoms with van der Waals surface area (Å²) in [6.45, 7) is 2.75. The van der Waals surface area contributed by atoms with E-state index in [1.165, 1.54) is 22.5 Å². The lowest BCUT2D eigenvalue weighted by atomic mass is 9.88. The predicted molar refractivity (Wildman–Crippen MR) is 179 cm³/mol. The fraction of sp³-hybridized carbons (Fsp3) is 0.333. The number of anilines is 2. The van der Waals surface area contributed by atoms with Gasteiger partial charge in [-0.05, 0) is 54.9 Å². The fourth-order valence-electron chi connectivity index (χ4n) is 5.48. The van der Waals surface area contributed by atoms with Crippen molar-refractivity contribution in [2.24, 2.45) is 5.92 Å². The Labute approximate surface area is 268 Å². The standard InChI is InChI=1S/C33H37ClN4O4S2/c1-44(40,41)37-28-14-12-27(13-15-28)30-31(34)43-32(35-30)36-33(39)38(20-16-24-18-22-42-23-19-24)21-17-29(25-8-4-2-5-9-25)26-10-6-3-7-11-26/h2-15,24,29,37H,16-23H2,1H3,(H,35,36,39). The van der Waals surface area contributed by atoms with Crippen LogP contribution in [-0.2, 0) is 14.8 Å². The summed E-state index contributed by atoms with van der Waals surface area (Å²) in [6.07, 6.45) is 4.80. The molecule has 2 amide bonds. The summed E-state index contributed by atoms with van der Waals surface area (Å²) in [5.74, 6) is 0.677. The van der Waals surface area contributed by atoms with Crippen LogP contribution in [-0.4, -0.2) is 56.9 Å². The number of amides is 2. The van der Waals surface area contributed by atoms with Crippen molar-refractivity contribution in [3.63, 3.8) is 0 Å². The second kappa shape index (κ2) is 15.0. The van der Waals surface area contributed by atoms with Gasteiger partial charge in [-0.25, -0.2) is 18.2 Å². The Morgan fingerprint density at radius 2 is 1.59 bits per heavy atom. The van der Waals surface area contributed by atoms with Gasteiger partial charge in [-0.1, -0.05) is 95.7 Å². The van der Waals surface area contributed by atoms with Crippen LogP contribution in [0.2, 0.25) is 4.34 Å². The zero-order chi connectivity index (χ0) is 30.9. The number of hydrogen-bond acceptors (Lipinski definition) is 6. The van der Waals surface area contributed by atoms with Crippen molar-refractivity contribution in [1.82, 2.24) is 9.88 Å². The molecule has 1 fully saturated rings. The Kier molecular flexibility index (Phi) is 10.9. The van der Waals surface area contributed by atoms with Crippen LogP contribution in [0.1, 0.15) is 42.7 Å². The molecule has 0 unspecified atom stereocenters. The molecule has 0 aliphatic carbocycles. The quantitative estimate of drug-likeness (QED) is 0.163. The first-order valence-electron chi connectivity index (χ1n) is 14.7. The summed E-state index contributed by atoms with van der Waals surface area (Å²) in [7, 11) is -3.38. The average molecular weight is 653 g/mol. The summed E-state index contributed by atoms with van der Waals surface area (Å²) in [5, 5.41) is 3.41. The maximum atomic E-state index is 13.8. The molecule has 0 bridgehead atoms. The first kappa shape index (κ1) is 32.0. The fourth-order valence-corrected chi connectivity index (χ4v) is 7.12. The van der Waals surface area contributed by atoms with Crippen molar-refractivity contribution >= 4 is 49.8 Å². The number of rotatable bonds is 12. The molecular weight excluding hydrogens is 616 g/mol. The number of aromatic nitrogens is 1. The number of nitrogens with zero attached hydrogens (tertiary/aromatic N) is 2. The lowest BCUT2D eigenvalue weighted by Gasteiger charge is -2.29. The number of urea groups is 1. The number of ether oxygens (including phenoxy) is 1. The van der Waals surface area contributed by atoms with Crippen molar-refractivity contribution in [3.8, 4) is 11.3 Å². The van der Waals surface area contributed by atoms with E-state index in [1.807, 2.05) is 17.0 Å². The van der Waals surface area contributed by atoms with Crippen molar-refractivity contribution < 1.29 is 17.9 Å². The van der Waals surface area contributed by atoms with Crippen LogP contribution in [0.5, 0.6) is 0 Å². The number of carbonyl (C=O) groups excluding carboxylic acids is 1. The molecule has 0 radical (unpaired) electrons. The van der Waals surface area contributed by atoms with E-state index in [0.29, 0.717) is 39.9 Å². The van der Waals surface area contributed by atoms with Gasteiger partial charge in [0.25, 0.3) is 0 Å². The maximum absolute atomic E-state index is 13.8. The van der Waals surface area contributed by atoms with Gasteiger partial charge in [0.2, 0.25) is 10.0 Å². The molecule has 1 aromatic heterocycles. The highest BCUT2D eigenvalue weighted by Crippen LogP contribution is 2.36. The molecule has 0 atom stereocenters. The van der Waals surface area contributed by atoms with E-state index >= 15 is 0 Å². The van der Waals surface area contributed by atoms with E-state index in [-0.39, 0.29) is 11.9 Å². The van der Waals surface area contributed by atoms with Gasteiger partial charge in [0.15, 0.2) is 5.13 Å². The second-order valence-corrected chi connectivity index (χ2v) is 14.4. The molecule has 1 aliphatic heterocycles. The van der Waals surface area contributed by atoms with Crippen molar-refractivity contribution in [3.05, 3.63) is 100 Å². The maximum Gasteiger partial charge on any atom is 0.323 e. The van der Waals surface area contributed by atoms with E-state index < -0.39 is 10.0 Å². The molecule has 1 saturated heterocycles. The van der Waals surface area contributed by atoms with Crippen LogP contribution >= 0.6 is 22.9 Å². The molecular formula is C33H37ClN4O4S2. The largest absolute Gasteiger partial charge is 0.381 e. The first-order valence-corrected chi connectivity index (χ1v) is 17.8. The summed E-state index contributed by atoms with van der Waals surface area (Å²) in [4.78, 5) is 20.3. The molecule has 11 heteroatoms. The Balaban J connectivity index is 1.31. The van der Waals surface area contributed by atoms with Gasteiger partial charge in [0, 0.05) is 43.5 Å². The van der Waals surface area contributed by atoms with Gasteiger partial charge < -0.3 is 9.64 Å². The summed E-state index contributed by atoms with van der Waals surface area (Å²) in [6, 6.07) is 27.4. The van der Waals surface area contributed by atoms with Gasteiger partial charge >= 0.3 is 6.03 Å². The van der Waals surface area contributed by atoms with Gasteiger partial charge in [0.1, 0.15) is 10.0 Å². The van der Waals surface area contributed by atoms with Gasteiger partial charge in [-0.15, -0.1) is 0 Å². The number of benzene rings is 3. The Morgan fingerprint density at radius 3 is 2.18 bits per heavy atom. The molecule has 0 spiro atoms. The Bertz CT molecular complexity index is 1570. The number of sulfonamides is 1. The molecule has 44 heavy (non-hydrogen) atoms. The topological polar surface area (TPSA) is 101 Å². The SMILES string of the molecule is CS(=O)(=O)Nc1ccc(-c2nc(NC(=O)N(CCC3CCOCC3)CCC(c3ccccc3)c3ccccc3)sc2Cl)cc1. The predicted octanol–water partition coefficient (Wildman–Crippen LogP) is 7.71. The zero-order valence-electron chi connectivity index (χ0n) is 24.6. The van der Waals surface area contributed by atoms with Gasteiger partial charge in [0.05, 0.1) is 6.26 Å². The van der Waals surface area contributed by atoms with Crippen molar-refractivity contribution in [2.45, 2.75) is 31.6 Å². The van der Waals surface area contributed by atoms with E-state index in [1.54, 1.807) is 24.3 Å². The van der Waals surface area contributed by atoms with Crippen LogP contribution in [0.3, 0.4) is 0 Å². The molecule has 1 aliphatic rings. The molecule has 8 nitrogen and oxygen atoms in total. The molecule has 2 heterocycles. The Hall–Kier alpha value is -3.44. The van der Waals surface area contributed by atoms with Crippen LogP contribution in [0, 0.1) is 5.92 Å². The second-order valence-electron chi connectivity index (χ2n) is 11.0. The molecule has 3 aromatic carbocycles. The summed E-state index contributed by atoms with van der Waals surface area (Å²) in [5.41, 5.74) is 4.13. The summed E-state index contributed by atoms with van der Waals surface area (Å²) < 4.78 is 31.5. The monoisotopic (exact) mass is 652 g/mol. The number of carbonyl (C=O) groups is 1. The minimum absolute atomic E-state index is 0.150. The van der Waals surface area contributed by atoms with E-state index in [2.05, 4.69) is 63.6 Å². The highest BCUT2D eigenvalue weighted by Gasteiger charge is 2.23. The van der Waals surface area contributed by atoms with Crippen molar-refractivity contribution in [1.29, 1.82) is 0 Å². The van der Waals surface area contributed by atoms with Crippen LogP contribution in [0.4, 0.5) is 15.6 Å². The number of thiazole rings is 1. The molecule has 232 valence electrons. The molecule has 2 N–H and O–H groups in total. The normalized spacial score (nSPS) is 14.0. The lowest BCUT2D eigenvalue weighted by molar-refractivity contribution is 0.0614. The number of nitrogens with one attached hydrogen (secondary N) is 2. The minimum Gasteiger partial charge on any atom is -0.381 e. The minimum atomic E-state index is -3.38. The van der Waals surface area contributed by atoms with E-state index in [0.717, 1.165) is 50.7 Å². The first-order chi connectivity index (χ1) is 21.2. The zero-order valence-corrected chi connectivity index (χ0v) is 27.0. The van der Waals surface area contributed by atoms with Gasteiger partial charge in [-0.2, -0.15) is 0 Å². The number of halogens is 1. The Morgan fingerprint density at radius 1 is 0.977 bits per heavy atom. The van der Waals surface area contributed by atoms with Crippen LogP contribution < -0.4 is 10.0 Å². The smallest absolute Gasteiger partial charge is 0.323 e. The number of hydrogen-bond donors (Lipinski definition) is 2. The van der Waals surface area contributed by atoms with Crippen LogP contribution in [0.15, 0.2) is 84.9 Å². The third-order valence-electron chi connectivity index (χ3n) is 7.79. The van der Waals surface area contributed by atoms with Crippen molar-refractivity contribution in [2.75, 3.05) is 42.6 Å². The lowest BCUT2D eigenvalue weighted by Crippen LogP contribution is -2.38. The summed E-state index contributed by atoms with van der Waals surface area (Å²) >= 11 is 7.76.